The summed E-state index contributed by atoms with van der Waals surface area (Å²) in [5.41, 5.74) is 1.12. The van der Waals surface area contributed by atoms with Crippen molar-refractivity contribution in [1.82, 2.24) is 4.90 Å². The van der Waals surface area contributed by atoms with Crippen molar-refractivity contribution in [1.29, 1.82) is 0 Å². The minimum atomic E-state index is 0.559. The molecule has 18 heavy (non-hydrogen) atoms. The van der Waals surface area contributed by atoms with E-state index in [2.05, 4.69) is 46.8 Å². The molecule has 0 unspecified atom stereocenters. The Morgan fingerprint density at radius 3 is 2.39 bits per heavy atom. The van der Waals surface area contributed by atoms with Crippen LogP contribution in [0, 0.1) is 16.7 Å². The van der Waals surface area contributed by atoms with Crippen molar-refractivity contribution in [3.05, 3.63) is 0 Å². The van der Waals surface area contributed by atoms with E-state index < -0.39 is 0 Å². The Morgan fingerprint density at radius 2 is 1.83 bits per heavy atom. The molecule has 2 aliphatic rings. The van der Waals surface area contributed by atoms with E-state index in [9.17, 15) is 0 Å². The average Bonchev–Trinajstić information content (AvgIpc) is 2.36. The van der Waals surface area contributed by atoms with Gasteiger partial charge in [0.25, 0.3) is 0 Å². The molecule has 106 valence electrons. The van der Waals surface area contributed by atoms with E-state index in [0.717, 1.165) is 10.4 Å². The molecule has 0 amide bonds. The third-order valence-corrected chi connectivity index (χ3v) is 5.98. The summed E-state index contributed by atoms with van der Waals surface area (Å²) in [4.78, 5) is 2.75. The van der Waals surface area contributed by atoms with Gasteiger partial charge in [0.2, 0.25) is 0 Å². The molecule has 0 spiro atoms. The molecule has 1 aliphatic heterocycles. The summed E-state index contributed by atoms with van der Waals surface area (Å²) in [5, 5.41) is 0. The highest BCUT2D eigenvalue weighted by molar-refractivity contribution is 5.05. The molecule has 0 aromatic carbocycles. The van der Waals surface area contributed by atoms with Gasteiger partial charge in [0.1, 0.15) is 0 Å². The van der Waals surface area contributed by atoms with Gasteiger partial charge in [0.05, 0.1) is 27.7 Å². The Labute approximate surface area is 114 Å². The number of nitrogens with zero attached hydrogens (tertiary/aromatic N) is 2. The Balaban J connectivity index is 1.88. The van der Waals surface area contributed by atoms with Crippen molar-refractivity contribution in [2.45, 2.75) is 40.0 Å². The topological polar surface area (TPSA) is 3.24 Å². The molecule has 0 N–H and O–H groups in total. The minimum Gasteiger partial charge on any atom is -0.331 e. The zero-order valence-corrected chi connectivity index (χ0v) is 13.4. The average molecular weight is 253 g/mol. The second-order valence-corrected chi connectivity index (χ2v) is 8.62. The molecular formula is C16H33N2+. The summed E-state index contributed by atoms with van der Waals surface area (Å²) < 4.78 is 1.10. The molecule has 2 fully saturated rings. The fourth-order valence-corrected chi connectivity index (χ4v) is 4.08. The predicted octanol–water partition coefficient (Wildman–Crippen LogP) is 2.84. The van der Waals surface area contributed by atoms with Gasteiger partial charge in [-0.25, -0.2) is 0 Å². The fourth-order valence-electron chi connectivity index (χ4n) is 4.08. The van der Waals surface area contributed by atoms with E-state index in [1.165, 1.54) is 45.4 Å². The molecule has 1 saturated carbocycles. The van der Waals surface area contributed by atoms with E-state index in [0.29, 0.717) is 10.8 Å². The van der Waals surface area contributed by atoms with Crippen LogP contribution in [0.15, 0.2) is 0 Å². The monoisotopic (exact) mass is 253 g/mol. The summed E-state index contributed by atoms with van der Waals surface area (Å²) in [6.45, 7) is 12.8. The van der Waals surface area contributed by atoms with Crippen molar-refractivity contribution in [2.75, 3.05) is 47.3 Å². The summed E-state index contributed by atoms with van der Waals surface area (Å²) >= 11 is 0. The second kappa shape index (κ2) is 4.49. The van der Waals surface area contributed by atoms with E-state index in [4.69, 9.17) is 0 Å². The van der Waals surface area contributed by atoms with E-state index in [1.807, 2.05) is 0 Å². The Kier molecular flexibility index (Phi) is 3.57. The maximum Gasteiger partial charge on any atom is 0.0792 e. The first-order valence-corrected chi connectivity index (χ1v) is 7.67. The molecule has 2 atom stereocenters. The largest absolute Gasteiger partial charge is 0.331 e. The van der Waals surface area contributed by atoms with Crippen molar-refractivity contribution in [3.8, 4) is 0 Å². The van der Waals surface area contributed by atoms with E-state index in [-0.39, 0.29) is 0 Å². The highest BCUT2D eigenvalue weighted by Crippen LogP contribution is 2.58. The molecule has 1 heterocycles. The summed E-state index contributed by atoms with van der Waals surface area (Å²) in [5.74, 6) is 0.931. The zero-order valence-electron chi connectivity index (χ0n) is 13.4. The Morgan fingerprint density at radius 1 is 1.17 bits per heavy atom. The molecule has 0 aromatic heterocycles. The molecule has 2 heteroatoms. The molecule has 0 aromatic rings. The quantitative estimate of drug-likeness (QED) is 0.696. The van der Waals surface area contributed by atoms with E-state index >= 15 is 0 Å². The Bertz CT molecular complexity index is 303. The van der Waals surface area contributed by atoms with Crippen LogP contribution in [0.4, 0.5) is 0 Å². The molecule has 0 radical (unpaired) electrons. The summed E-state index contributed by atoms with van der Waals surface area (Å²) in [7, 11) is 6.89. The SMILES string of the molecule is CC1(C)[C@H]2CC[C@@]1(C)CN(CCC[N+](C)(C)C)C2. The van der Waals surface area contributed by atoms with Crippen LogP contribution in [0.1, 0.15) is 40.0 Å². The number of hydrogen-bond acceptors (Lipinski definition) is 1. The smallest absolute Gasteiger partial charge is 0.0792 e. The van der Waals surface area contributed by atoms with Crippen LogP contribution in [-0.2, 0) is 0 Å². The third kappa shape index (κ3) is 2.60. The van der Waals surface area contributed by atoms with Crippen molar-refractivity contribution >= 4 is 0 Å². The lowest BCUT2D eigenvalue weighted by molar-refractivity contribution is -0.870. The van der Waals surface area contributed by atoms with Crippen LogP contribution in [0.3, 0.4) is 0 Å². The lowest BCUT2D eigenvalue weighted by atomic mass is 9.63. The lowest BCUT2D eigenvalue weighted by Gasteiger charge is -2.50. The molecule has 1 aliphatic carbocycles. The lowest BCUT2D eigenvalue weighted by Crippen LogP contribution is -2.52. The molecule has 2 rings (SSSR count). The first-order chi connectivity index (χ1) is 8.14. The number of hydrogen-bond donors (Lipinski definition) is 0. The molecule has 2 bridgehead atoms. The number of fused-ring (bicyclic) bond motifs is 2. The van der Waals surface area contributed by atoms with Crippen LogP contribution in [0.2, 0.25) is 0 Å². The standard InChI is InChI=1S/C16H33N2/c1-15(2)14-8-9-16(15,3)13-17(12-14)10-7-11-18(4,5)6/h14H,7-13H2,1-6H3/q+1/t14-,16-/m0/s1. The van der Waals surface area contributed by atoms with Gasteiger partial charge in [0, 0.05) is 26.1 Å². The number of piperidine rings is 1. The fraction of sp³-hybridized carbons (Fsp3) is 1.00. The summed E-state index contributed by atoms with van der Waals surface area (Å²) in [6, 6.07) is 0. The maximum absolute atomic E-state index is 2.75. The van der Waals surface area contributed by atoms with Crippen LogP contribution >= 0.6 is 0 Å². The van der Waals surface area contributed by atoms with Gasteiger partial charge in [-0.1, -0.05) is 20.8 Å². The van der Waals surface area contributed by atoms with Gasteiger partial charge in [-0.15, -0.1) is 0 Å². The van der Waals surface area contributed by atoms with Crippen LogP contribution in [0.5, 0.6) is 0 Å². The van der Waals surface area contributed by atoms with Crippen LogP contribution in [0.25, 0.3) is 0 Å². The highest BCUT2D eigenvalue weighted by Gasteiger charge is 2.55. The van der Waals surface area contributed by atoms with Crippen LogP contribution in [-0.4, -0.2) is 56.7 Å². The van der Waals surface area contributed by atoms with Crippen molar-refractivity contribution in [3.63, 3.8) is 0 Å². The second-order valence-electron chi connectivity index (χ2n) is 8.62. The number of quaternary nitrogens is 1. The third-order valence-electron chi connectivity index (χ3n) is 5.98. The number of rotatable bonds is 4. The number of likely N-dealkylation sites (tertiary alicyclic amines) is 1. The molecular weight excluding hydrogens is 220 g/mol. The Hall–Kier alpha value is -0.0800. The van der Waals surface area contributed by atoms with Crippen molar-refractivity contribution in [2.24, 2.45) is 16.7 Å². The van der Waals surface area contributed by atoms with Gasteiger partial charge >= 0.3 is 0 Å². The summed E-state index contributed by atoms with van der Waals surface area (Å²) in [6.07, 6.45) is 4.23. The first-order valence-electron chi connectivity index (χ1n) is 7.67. The minimum absolute atomic E-state index is 0.559. The van der Waals surface area contributed by atoms with Gasteiger partial charge in [-0.2, -0.15) is 0 Å². The highest BCUT2D eigenvalue weighted by atomic mass is 15.3. The van der Waals surface area contributed by atoms with Gasteiger partial charge in [-0.05, 0) is 29.6 Å². The zero-order chi connectivity index (χ0) is 13.6. The van der Waals surface area contributed by atoms with Crippen LogP contribution < -0.4 is 0 Å². The van der Waals surface area contributed by atoms with E-state index in [1.54, 1.807) is 0 Å². The maximum atomic E-state index is 2.75. The van der Waals surface area contributed by atoms with Crippen molar-refractivity contribution < 1.29 is 4.48 Å². The molecule has 2 nitrogen and oxygen atoms in total. The normalized spacial score (nSPS) is 36.0. The molecule has 1 saturated heterocycles. The predicted molar refractivity (Wildman–Crippen MR) is 78.6 cm³/mol. The van der Waals surface area contributed by atoms with Gasteiger partial charge in [-0.3, -0.25) is 0 Å². The first kappa shape index (κ1) is 14.3. The van der Waals surface area contributed by atoms with Gasteiger partial charge < -0.3 is 9.38 Å². The van der Waals surface area contributed by atoms with Gasteiger partial charge in [0.15, 0.2) is 0 Å².